The highest BCUT2D eigenvalue weighted by Crippen LogP contribution is 2.28. The molecule has 0 saturated heterocycles. The highest BCUT2D eigenvalue weighted by Gasteiger charge is 2.42. The first kappa shape index (κ1) is 29.3. The van der Waals surface area contributed by atoms with Crippen LogP contribution in [0.1, 0.15) is 56.9 Å². The number of aryl methyl sites for hydroxylation is 1. The van der Waals surface area contributed by atoms with Crippen molar-refractivity contribution in [3.05, 3.63) is 53.6 Å². The van der Waals surface area contributed by atoms with Gasteiger partial charge in [-0.2, -0.15) is 0 Å². The predicted molar refractivity (Wildman–Crippen MR) is 141 cm³/mol. The molecule has 0 bridgehead atoms. The van der Waals surface area contributed by atoms with Gasteiger partial charge in [0.1, 0.15) is 18.1 Å². The summed E-state index contributed by atoms with van der Waals surface area (Å²) in [6.45, 7) is 5.58. The maximum atomic E-state index is 14.0. The van der Waals surface area contributed by atoms with Gasteiger partial charge in [-0.3, -0.25) is 19.2 Å². The van der Waals surface area contributed by atoms with E-state index in [1.807, 2.05) is 45.0 Å². The van der Waals surface area contributed by atoms with Crippen LogP contribution in [0.3, 0.4) is 0 Å². The van der Waals surface area contributed by atoms with Gasteiger partial charge in [0.15, 0.2) is 0 Å². The highest BCUT2D eigenvalue weighted by atomic mass is 16.4. The average Bonchev–Trinajstić information content (AvgIpc) is 3.40. The number of rotatable bonds is 11. The number of nitrogens with two attached hydrogens (primary N) is 1. The molecule has 0 radical (unpaired) electrons. The van der Waals surface area contributed by atoms with Crippen LogP contribution in [0.4, 0.5) is 0 Å². The fraction of sp³-hybridized carbons (Fsp3) is 0.481. The van der Waals surface area contributed by atoms with E-state index in [2.05, 4.69) is 20.6 Å². The zero-order valence-corrected chi connectivity index (χ0v) is 22.4. The van der Waals surface area contributed by atoms with Crippen LogP contribution in [0.2, 0.25) is 0 Å². The zero-order chi connectivity index (χ0) is 28.7. The third-order valence-corrected chi connectivity index (χ3v) is 6.72. The van der Waals surface area contributed by atoms with Gasteiger partial charge in [0, 0.05) is 37.7 Å². The summed E-state index contributed by atoms with van der Waals surface area (Å²) in [5.41, 5.74) is 6.97. The van der Waals surface area contributed by atoms with Gasteiger partial charge < -0.3 is 31.4 Å². The molecule has 12 nitrogen and oxygen atoms in total. The number of carboxylic acids is 1. The number of H-pyrrole nitrogens is 1. The summed E-state index contributed by atoms with van der Waals surface area (Å²) in [5.74, 6) is -3.43. The normalized spacial score (nSPS) is 16.5. The Morgan fingerprint density at radius 1 is 1.13 bits per heavy atom. The van der Waals surface area contributed by atoms with Crippen LogP contribution in [-0.4, -0.2) is 67.7 Å². The van der Waals surface area contributed by atoms with Crippen molar-refractivity contribution in [3.8, 4) is 0 Å². The van der Waals surface area contributed by atoms with Crippen molar-refractivity contribution in [3.63, 3.8) is 0 Å². The molecule has 6 N–H and O–H groups in total. The van der Waals surface area contributed by atoms with Gasteiger partial charge in [-0.1, -0.05) is 45.0 Å². The molecule has 0 unspecified atom stereocenters. The minimum Gasteiger partial charge on any atom is -0.480 e. The van der Waals surface area contributed by atoms with Gasteiger partial charge in [-0.25, -0.2) is 9.78 Å². The number of hydrogen-bond acceptors (Lipinski definition) is 6. The molecule has 1 aliphatic heterocycles. The second-order valence-corrected chi connectivity index (χ2v) is 10.8. The molecule has 0 fully saturated rings. The number of benzene rings is 1. The number of carboxylic acid groups (broad SMARTS) is 1. The molecule has 2 heterocycles. The predicted octanol–water partition coefficient (Wildman–Crippen LogP) is 0.662. The first-order valence-electron chi connectivity index (χ1n) is 12.8. The van der Waals surface area contributed by atoms with E-state index in [0.717, 1.165) is 16.8 Å². The lowest BCUT2D eigenvalue weighted by Gasteiger charge is -2.41. The third kappa shape index (κ3) is 7.88. The van der Waals surface area contributed by atoms with Crippen molar-refractivity contribution in [2.24, 2.45) is 11.1 Å². The van der Waals surface area contributed by atoms with Crippen molar-refractivity contribution in [1.82, 2.24) is 25.5 Å². The van der Waals surface area contributed by atoms with Gasteiger partial charge in [-0.05, 0) is 29.4 Å². The Balaban J connectivity index is 1.84. The molecule has 1 aliphatic rings. The Morgan fingerprint density at radius 2 is 1.82 bits per heavy atom. The molecule has 2 aromatic rings. The molecular weight excluding hydrogens is 504 g/mol. The molecule has 0 spiro atoms. The number of primary amides is 1. The van der Waals surface area contributed by atoms with Crippen LogP contribution in [0.5, 0.6) is 0 Å². The average molecular weight is 541 g/mol. The second kappa shape index (κ2) is 12.5. The molecule has 3 atom stereocenters. The third-order valence-electron chi connectivity index (χ3n) is 6.72. The summed E-state index contributed by atoms with van der Waals surface area (Å²) < 4.78 is 0. The molecule has 3 rings (SSSR count). The van der Waals surface area contributed by atoms with Gasteiger partial charge in [-0.15, -0.1) is 0 Å². The number of imidazole rings is 1. The van der Waals surface area contributed by atoms with E-state index >= 15 is 0 Å². The number of aromatic amines is 1. The van der Waals surface area contributed by atoms with E-state index in [0.29, 0.717) is 6.42 Å². The smallest absolute Gasteiger partial charge is 0.326 e. The van der Waals surface area contributed by atoms with Crippen molar-refractivity contribution in [2.75, 3.05) is 0 Å². The van der Waals surface area contributed by atoms with Crippen LogP contribution >= 0.6 is 0 Å². The molecule has 4 amide bonds. The Morgan fingerprint density at radius 3 is 2.41 bits per heavy atom. The molecule has 12 heteroatoms. The first-order chi connectivity index (χ1) is 18.4. The van der Waals surface area contributed by atoms with Crippen LogP contribution < -0.4 is 16.4 Å². The standard InChI is InChI=1S/C27H36N6O6/c1-27(2,3)23(32-22(35)11-8-18-13-29-15-30-18)25(37)33-14-17-7-5-4-6-16(17)12-20(33)24(36)31-19(26(38)39)9-10-21(28)34/h4-7,13,15,19-20,23H,8-12,14H2,1-3H3,(H2,28,34)(H,29,30)(H,31,36)(H,32,35)(H,38,39)/t19-,20-,23+/m0/s1. The Labute approximate surface area is 226 Å². The number of nitrogens with one attached hydrogen (secondary N) is 3. The highest BCUT2D eigenvalue weighted by molar-refractivity contribution is 5.94. The number of amides is 4. The number of nitrogens with zero attached hydrogens (tertiary/aromatic N) is 2. The topological polar surface area (TPSA) is 188 Å². The Kier molecular flexibility index (Phi) is 9.44. The summed E-state index contributed by atoms with van der Waals surface area (Å²) in [5, 5.41) is 14.9. The van der Waals surface area contributed by atoms with Crippen LogP contribution in [0.25, 0.3) is 0 Å². The van der Waals surface area contributed by atoms with Gasteiger partial charge in [0.2, 0.25) is 23.6 Å². The molecule has 0 saturated carbocycles. The van der Waals surface area contributed by atoms with Crippen LogP contribution in [0, 0.1) is 5.41 Å². The molecule has 210 valence electrons. The summed E-state index contributed by atoms with van der Waals surface area (Å²) in [6.07, 6.45) is 3.48. The minimum absolute atomic E-state index is 0.114. The lowest BCUT2D eigenvalue weighted by Crippen LogP contribution is -2.61. The quantitative estimate of drug-likeness (QED) is 0.277. The number of carbonyl (C=O) groups is 5. The summed E-state index contributed by atoms with van der Waals surface area (Å²) in [7, 11) is 0. The van der Waals surface area contributed by atoms with Crippen molar-refractivity contribution >= 4 is 29.6 Å². The Hall–Kier alpha value is -4.22. The van der Waals surface area contributed by atoms with E-state index in [1.54, 1.807) is 6.20 Å². The summed E-state index contributed by atoms with van der Waals surface area (Å²) >= 11 is 0. The van der Waals surface area contributed by atoms with Crippen LogP contribution in [0.15, 0.2) is 36.8 Å². The zero-order valence-electron chi connectivity index (χ0n) is 22.4. The van der Waals surface area contributed by atoms with Gasteiger partial charge in [0.05, 0.1) is 6.33 Å². The molecule has 1 aromatic heterocycles. The van der Waals surface area contributed by atoms with E-state index in [1.165, 1.54) is 11.2 Å². The maximum Gasteiger partial charge on any atom is 0.326 e. The van der Waals surface area contributed by atoms with Crippen LogP contribution in [-0.2, 0) is 43.4 Å². The van der Waals surface area contributed by atoms with E-state index in [4.69, 9.17) is 5.73 Å². The molecule has 0 aliphatic carbocycles. The van der Waals surface area contributed by atoms with E-state index < -0.39 is 47.2 Å². The van der Waals surface area contributed by atoms with E-state index in [9.17, 15) is 29.1 Å². The number of hydrogen-bond donors (Lipinski definition) is 5. The lowest BCUT2D eigenvalue weighted by molar-refractivity contribution is -0.148. The number of fused-ring (bicyclic) bond motifs is 1. The van der Waals surface area contributed by atoms with E-state index in [-0.39, 0.29) is 38.1 Å². The molecular formula is C27H36N6O6. The number of carbonyl (C=O) groups excluding carboxylic acids is 4. The van der Waals surface area contributed by atoms with Gasteiger partial charge in [0.25, 0.3) is 0 Å². The lowest BCUT2D eigenvalue weighted by atomic mass is 9.84. The fourth-order valence-corrected chi connectivity index (χ4v) is 4.52. The van der Waals surface area contributed by atoms with Crippen molar-refractivity contribution in [1.29, 1.82) is 0 Å². The molecule has 39 heavy (non-hydrogen) atoms. The maximum absolute atomic E-state index is 14.0. The summed E-state index contributed by atoms with van der Waals surface area (Å²) in [6, 6.07) is 4.08. The SMILES string of the molecule is CC(C)(C)[C@H](NC(=O)CCc1cnc[nH]1)C(=O)N1Cc2ccccc2C[C@H]1C(=O)N[C@@H](CCC(N)=O)C(=O)O. The van der Waals surface area contributed by atoms with Crippen molar-refractivity contribution < 1.29 is 29.1 Å². The monoisotopic (exact) mass is 540 g/mol. The van der Waals surface area contributed by atoms with Gasteiger partial charge >= 0.3 is 5.97 Å². The fourth-order valence-electron chi connectivity index (χ4n) is 4.52. The second-order valence-electron chi connectivity index (χ2n) is 10.8. The largest absolute Gasteiger partial charge is 0.480 e. The summed E-state index contributed by atoms with van der Waals surface area (Å²) in [4.78, 5) is 71.5. The number of aromatic nitrogens is 2. The van der Waals surface area contributed by atoms with Crippen molar-refractivity contribution in [2.45, 2.75) is 77.5 Å². The first-order valence-corrected chi connectivity index (χ1v) is 12.8. The number of aliphatic carboxylic acids is 1. The molecule has 1 aromatic carbocycles. The Bertz CT molecular complexity index is 1210. The minimum atomic E-state index is -1.35.